The van der Waals surface area contributed by atoms with E-state index in [4.69, 9.17) is 0 Å². The molecular weight excluding hydrogens is 170 g/mol. The second-order valence-corrected chi connectivity index (χ2v) is 3.66. The van der Waals surface area contributed by atoms with E-state index in [1.54, 1.807) is 0 Å². The Bertz CT molecular complexity index is 274. The van der Waals surface area contributed by atoms with Crippen molar-refractivity contribution in [1.82, 2.24) is 5.32 Å². The van der Waals surface area contributed by atoms with Gasteiger partial charge in [-0.1, -0.05) is 35.9 Å². The van der Waals surface area contributed by atoms with E-state index in [1.807, 2.05) is 6.08 Å². The Kier molecular flexibility index (Phi) is 4.41. The van der Waals surface area contributed by atoms with Gasteiger partial charge in [0.1, 0.15) is 0 Å². The van der Waals surface area contributed by atoms with Crippen LogP contribution >= 0.6 is 0 Å². The number of rotatable bonds is 5. The van der Waals surface area contributed by atoms with Gasteiger partial charge >= 0.3 is 0 Å². The summed E-state index contributed by atoms with van der Waals surface area (Å²) < 4.78 is 0. The lowest BCUT2D eigenvalue weighted by Gasteiger charge is -2.13. The first-order valence-corrected chi connectivity index (χ1v) is 5.15. The number of hydrogen-bond acceptors (Lipinski definition) is 1. The lowest BCUT2D eigenvalue weighted by molar-refractivity contribution is 0.581. The highest BCUT2D eigenvalue weighted by Gasteiger charge is 2.02. The van der Waals surface area contributed by atoms with Crippen molar-refractivity contribution in [3.05, 3.63) is 48.0 Å². The zero-order chi connectivity index (χ0) is 10.4. The van der Waals surface area contributed by atoms with Crippen molar-refractivity contribution in [3.63, 3.8) is 0 Å². The van der Waals surface area contributed by atoms with Gasteiger partial charge in [-0.25, -0.2) is 0 Å². The molecule has 0 saturated carbocycles. The average molecular weight is 189 g/mol. The predicted octanol–water partition coefficient (Wildman–Crippen LogP) is 3.22. The van der Waals surface area contributed by atoms with Gasteiger partial charge in [0, 0.05) is 6.04 Å². The molecule has 0 aliphatic heterocycles. The van der Waals surface area contributed by atoms with E-state index >= 15 is 0 Å². The minimum absolute atomic E-state index is 0.426. The van der Waals surface area contributed by atoms with Gasteiger partial charge in [-0.05, 0) is 32.4 Å². The van der Waals surface area contributed by atoms with Crippen LogP contribution < -0.4 is 5.32 Å². The molecule has 0 aromatic heterocycles. The lowest BCUT2D eigenvalue weighted by atomic mass is 10.1. The Labute approximate surface area is 86.8 Å². The van der Waals surface area contributed by atoms with Crippen molar-refractivity contribution in [1.29, 1.82) is 0 Å². The Morgan fingerprint density at radius 1 is 1.36 bits per heavy atom. The van der Waals surface area contributed by atoms with Crippen molar-refractivity contribution in [2.24, 2.45) is 0 Å². The van der Waals surface area contributed by atoms with Gasteiger partial charge in [0.05, 0.1) is 0 Å². The number of benzene rings is 1. The van der Waals surface area contributed by atoms with Crippen LogP contribution in [-0.4, -0.2) is 6.54 Å². The van der Waals surface area contributed by atoms with Crippen molar-refractivity contribution < 1.29 is 0 Å². The summed E-state index contributed by atoms with van der Waals surface area (Å²) in [5, 5.41) is 3.45. The highest BCUT2D eigenvalue weighted by atomic mass is 14.9. The molecule has 0 saturated heterocycles. The molecule has 0 amide bonds. The third-order valence-corrected chi connectivity index (χ3v) is 2.38. The average Bonchev–Trinajstić information content (AvgIpc) is 2.19. The first kappa shape index (κ1) is 11.0. The summed E-state index contributed by atoms with van der Waals surface area (Å²) in [5.41, 5.74) is 2.66. The molecule has 1 nitrogen and oxygen atoms in total. The Morgan fingerprint density at radius 3 is 2.57 bits per heavy atom. The maximum atomic E-state index is 3.70. The topological polar surface area (TPSA) is 12.0 Å². The second kappa shape index (κ2) is 5.61. The van der Waals surface area contributed by atoms with Gasteiger partial charge in [-0.3, -0.25) is 0 Å². The molecule has 1 N–H and O–H groups in total. The standard InChI is InChI=1S/C13H19N/c1-4-5-10-14-12(3)13-8-6-11(2)7-9-13/h4,6-9,12,14H,1,5,10H2,2-3H3/t12-/m0/s1. The van der Waals surface area contributed by atoms with Gasteiger partial charge in [-0.15, -0.1) is 6.58 Å². The number of hydrogen-bond donors (Lipinski definition) is 1. The van der Waals surface area contributed by atoms with E-state index in [0.717, 1.165) is 13.0 Å². The fourth-order valence-electron chi connectivity index (χ4n) is 1.37. The van der Waals surface area contributed by atoms with E-state index < -0.39 is 0 Å². The molecule has 14 heavy (non-hydrogen) atoms. The molecule has 0 unspecified atom stereocenters. The summed E-state index contributed by atoms with van der Waals surface area (Å²) in [6.45, 7) is 9.00. The van der Waals surface area contributed by atoms with Crippen LogP contribution in [0.25, 0.3) is 0 Å². The highest BCUT2D eigenvalue weighted by Crippen LogP contribution is 2.12. The Hall–Kier alpha value is -1.08. The fourth-order valence-corrected chi connectivity index (χ4v) is 1.37. The molecule has 76 valence electrons. The summed E-state index contributed by atoms with van der Waals surface area (Å²) in [7, 11) is 0. The van der Waals surface area contributed by atoms with Crippen LogP contribution in [0, 0.1) is 6.92 Å². The van der Waals surface area contributed by atoms with Gasteiger partial charge < -0.3 is 5.32 Å². The molecule has 1 aromatic carbocycles. The maximum absolute atomic E-state index is 3.70. The molecule has 0 heterocycles. The van der Waals surface area contributed by atoms with Gasteiger partial charge in [-0.2, -0.15) is 0 Å². The zero-order valence-electron chi connectivity index (χ0n) is 9.09. The van der Waals surface area contributed by atoms with E-state index in [9.17, 15) is 0 Å². The first-order chi connectivity index (χ1) is 6.74. The van der Waals surface area contributed by atoms with Crippen molar-refractivity contribution in [2.45, 2.75) is 26.3 Å². The van der Waals surface area contributed by atoms with E-state index in [0.29, 0.717) is 6.04 Å². The lowest BCUT2D eigenvalue weighted by Crippen LogP contribution is -2.19. The summed E-state index contributed by atoms with van der Waals surface area (Å²) in [6, 6.07) is 9.10. The van der Waals surface area contributed by atoms with E-state index in [1.165, 1.54) is 11.1 Å². The molecule has 0 aliphatic rings. The van der Waals surface area contributed by atoms with Gasteiger partial charge in [0.15, 0.2) is 0 Å². The van der Waals surface area contributed by atoms with Crippen molar-refractivity contribution in [2.75, 3.05) is 6.54 Å². The number of aryl methyl sites for hydroxylation is 1. The first-order valence-electron chi connectivity index (χ1n) is 5.15. The van der Waals surface area contributed by atoms with Gasteiger partial charge in [0.25, 0.3) is 0 Å². The maximum Gasteiger partial charge on any atom is 0.0291 e. The van der Waals surface area contributed by atoms with E-state index in [-0.39, 0.29) is 0 Å². The summed E-state index contributed by atoms with van der Waals surface area (Å²) >= 11 is 0. The summed E-state index contributed by atoms with van der Waals surface area (Å²) in [4.78, 5) is 0. The minimum atomic E-state index is 0.426. The molecule has 1 heteroatoms. The Balaban J connectivity index is 2.47. The predicted molar refractivity (Wildman–Crippen MR) is 62.4 cm³/mol. The fraction of sp³-hybridized carbons (Fsp3) is 0.385. The van der Waals surface area contributed by atoms with Crippen LogP contribution in [0.2, 0.25) is 0 Å². The molecule has 1 aromatic rings. The van der Waals surface area contributed by atoms with Crippen LogP contribution in [0.4, 0.5) is 0 Å². The molecule has 1 rings (SSSR count). The molecule has 0 bridgehead atoms. The monoisotopic (exact) mass is 189 g/mol. The third-order valence-electron chi connectivity index (χ3n) is 2.38. The third kappa shape index (κ3) is 3.35. The van der Waals surface area contributed by atoms with E-state index in [2.05, 4.69) is 50.0 Å². The quantitative estimate of drug-likeness (QED) is 0.554. The smallest absolute Gasteiger partial charge is 0.0291 e. The summed E-state index contributed by atoms with van der Waals surface area (Å²) in [6.07, 6.45) is 2.96. The second-order valence-electron chi connectivity index (χ2n) is 3.66. The molecule has 0 spiro atoms. The molecule has 0 aliphatic carbocycles. The SMILES string of the molecule is C=CCCN[C@@H](C)c1ccc(C)cc1. The molecule has 1 atom stereocenters. The van der Waals surface area contributed by atoms with Crippen LogP contribution in [0.3, 0.4) is 0 Å². The van der Waals surface area contributed by atoms with Gasteiger partial charge in [0.2, 0.25) is 0 Å². The summed E-state index contributed by atoms with van der Waals surface area (Å²) in [5.74, 6) is 0. The minimum Gasteiger partial charge on any atom is -0.310 e. The Morgan fingerprint density at radius 2 is 2.00 bits per heavy atom. The molecular formula is C13H19N. The number of nitrogens with one attached hydrogen (secondary N) is 1. The van der Waals surface area contributed by atoms with Crippen LogP contribution in [0.5, 0.6) is 0 Å². The molecule has 0 radical (unpaired) electrons. The van der Waals surface area contributed by atoms with Crippen molar-refractivity contribution in [3.8, 4) is 0 Å². The van der Waals surface area contributed by atoms with Crippen LogP contribution in [0.1, 0.15) is 30.5 Å². The van der Waals surface area contributed by atoms with Crippen molar-refractivity contribution >= 4 is 0 Å². The van der Waals surface area contributed by atoms with Crippen LogP contribution in [0.15, 0.2) is 36.9 Å². The van der Waals surface area contributed by atoms with Crippen LogP contribution in [-0.2, 0) is 0 Å². The normalized spacial score (nSPS) is 12.4. The highest BCUT2D eigenvalue weighted by molar-refractivity contribution is 5.23. The largest absolute Gasteiger partial charge is 0.310 e. The molecule has 0 fully saturated rings. The zero-order valence-corrected chi connectivity index (χ0v) is 9.09.